The molecule has 0 spiro atoms. The van der Waals surface area contributed by atoms with Crippen LogP contribution in [0.3, 0.4) is 0 Å². The van der Waals surface area contributed by atoms with Gasteiger partial charge < -0.3 is 0 Å². The van der Waals surface area contributed by atoms with Gasteiger partial charge in [-0.15, -0.1) is 16.7 Å². The number of benzene rings is 1. The summed E-state index contributed by atoms with van der Waals surface area (Å²) in [6, 6.07) is 8.48. The molecular weight excluding hydrogens is 246 g/mol. The molecular formula is C14H18ClN3. The van der Waals surface area contributed by atoms with Gasteiger partial charge in [0.2, 0.25) is 0 Å². The topological polar surface area (TPSA) is 30.7 Å². The summed E-state index contributed by atoms with van der Waals surface area (Å²) >= 11 is 5.90. The Hall–Kier alpha value is -1.35. The summed E-state index contributed by atoms with van der Waals surface area (Å²) in [6.45, 7) is 7.11. The Morgan fingerprint density at radius 2 is 1.89 bits per heavy atom. The van der Waals surface area contributed by atoms with Crippen LogP contribution in [0.15, 0.2) is 24.3 Å². The molecule has 4 heteroatoms. The molecule has 0 saturated carbocycles. The second kappa shape index (κ2) is 5.53. The van der Waals surface area contributed by atoms with E-state index in [-0.39, 0.29) is 0 Å². The highest BCUT2D eigenvalue weighted by molar-refractivity contribution is 6.16. The summed E-state index contributed by atoms with van der Waals surface area (Å²) in [5.41, 5.74) is 4.51. The van der Waals surface area contributed by atoms with Crippen molar-refractivity contribution in [2.24, 2.45) is 0 Å². The predicted molar refractivity (Wildman–Crippen MR) is 73.9 cm³/mol. The maximum atomic E-state index is 5.90. The van der Waals surface area contributed by atoms with Crippen molar-refractivity contribution in [3.8, 4) is 0 Å². The average molecular weight is 264 g/mol. The molecule has 0 atom stereocenters. The molecule has 0 radical (unpaired) electrons. The van der Waals surface area contributed by atoms with Gasteiger partial charge in [0.15, 0.2) is 0 Å². The van der Waals surface area contributed by atoms with Crippen LogP contribution >= 0.6 is 11.6 Å². The van der Waals surface area contributed by atoms with Crippen molar-refractivity contribution in [2.75, 3.05) is 0 Å². The van der Waals surface area contributed by atoms with Gasteiger partial charge in [0.05, 0.1) is 18.1 Å². The number of aryl methyl sites for hydroxylation is 1. The van der Waals surface area contributed by atoms with Gasteiger partial charge in [0.25, 0.3) is 0 Å². The van der Waals surface area contributed by atoms with Crippen LogP contribution in [0.25, 0.3) is 0 Å². The van der Waals surface area contributed by atoms with E-state index in [1.54, 1.807) is 0 Å². The number of rotatable bonds is 4. The van der Waals surface area contributed by atoms with Crippen molar-refractivity contribution in [2.45, 2.75) is 39.1 Å². The van der Waals surface area contributed by atoms with Crippen LogP contribution in [-0.2, 0) is 12.4 Å². The van der Waals surface area contributed by atoms with Gasteiger partial charge in [-0.25, -0.2) is 4.68 Å². The highest BCUT2D eigenvalue weighted by Crippen LogP contribution is 2.20. The number of aromatic nitrogens is 3. The summed E-state index contributed by atoms with van der Waals surface area (Å²) in [6.07, 6.45) is 0. The number of hydrogen-bond acceptors (Lipinski definition) is 2. The van der Waals surface area contributed by atoms with E-state index in [0.717, 1.165) is 17.9 Å². The minimum absolute atomic E-state index is 0.374. The fourth-order valence-electron chi connectivity index (χ4n) is 2.07. The Kier molecular flexibility index (Phi) is 4.02. The Morgan fingerprint density at radius 3 is 2.44 bits per heavy atom. The molecule has 0 fully saturated rings. The molecule has 1 aromatic carbocycles. The minimum Gasteiger partial charge on any atom is -0.244 e. The first-order valence-corrected chi connectivity index (χ1v) is 6.69. The maximum Gasteiger partial charge on any atom is 0.101 e. The van der Waals surface area contributed by atoms with Gasteiger partial charge >= 0.3 is 0 Å². The molecule has 0 aliphatic rings. The predicted octanol–water partition coefficient (Wildman–Crippen LogP) is 3.50. The lowest BCUT2D eigenvalue weighted by Gasteiger charge is -2.10. The zero-order valence-electron chi connectivity index (χ0n) is 11.0. The van der Waals surface area contributed by atoms with Gasteiger partial charge in [-0.3, -0.25) is 0 Å². The molecule has 0 aliphatic heterocycles. The third kappa shape index (κ3) is 2.72. The molecule has 0 aliphatic carbocycles. The average Bonchev–Trinajstić information content (AvgIpc) is 2.75. The van der Waals surface area contributed by atoms with Crippen LogP contribution in [-0.4, -0.2) is 15.0 Å². The summed E-state index contributed by atoms with van der Waals surface area (Å²) in [5.74, 6) is 0.792. The number of nitrogens with zero attached hydrogens (tertiary/aromatic N) is 3. The van der Waals surface area contributed by atoms with Crippen molar-refractivity contribution < 1.29 is 0 Å². The van der Waals surface area contributed by atoms with Crippen LogP contribution in [0.1, 0.15) is 42.3 Å². The Bertz CT molecular complexity index is 514. The highest BCUT2D eigenvalue weighted by Gasteiger charge is 2.15. The lowest BCUT2D eigenvalue weighted by molar-refractivity contribution is 0.597. The molecule has 0 bridgehead atoms. The second-order valence-corrected chi connectivity index (χ2v) is 5.12. The Morgan fingerprint density at radius 1 is 1.22 bits per heavy atom. The Labute approximate surface area is 113 Å². The standard InChI is InChI=1S/C14H18ClN3/c1-10(2)14-13(8-15)16-17-18(14)9-12-6-4-11(3)5-7-12/h4-7,10H,8-9H2,1-3H3. The molecule has 1 heterocycles. The Balaban J connectivity index is 2.28. The molecule has 18 heavy (non-hydrogen) atoms. The minimum atomic E-state index is 0.374. The smallest absolute Gasteiger partial charge is 0.101 e. The monoisotopic (exact) mass is 263 g/mol. The maximum absolute atomic E-state index is 5.90. The quantitative estimate of drug-likeness (QED) is 0.791. The van der Waals surface area contributed by atoms with Gasteiger partial charge in [-0.05, 0) is 18.4 Å². The van der Waals surface area contributed by atoms with Gasteiger partial charge in [-0.2, -0.15) is 0 Å². The molecule has 0 saturated heterocycles. The van der Waals surface area contributed by atoms with Crippen molar-refractivity contribution >= 4 is 11.6 Å². The molecule has 3 nitrogen and oxygen atoms in total. The van der Waals surface area contributed by atoms with E-state index < -0.39 is 0 Å². The summed E-state index contributed by atoms with van der Waals surface area (Å²) in [7, 11) is 0. The molecule has 0 N–H and O–H groups in total. The van der Waals surface area contributed by atoms with E-state index in [9.17, 15) is 0 Å². The van der Waals surface area contributed by atoms with Crippen LogP contribution in [0.4, 0.5) is 0 Å². The molecule has 96 valence electrons. The SMILES string of the molecule is Cc1ccc(Cn2nnc(CCl)c2C(C)C)cc1. The first kappa shape index (κ1) is 13.1. The van der Waals surface area contributed by atoms with Crippen LogP contribution in [0.5, 0.6) is 0 Å². The molecule has 1 aromatic heterocycles. The zero-order valence-corrected chi connectivity index (χ0v) is 11.8. The van der Waals surface area contributed by atoms with E-state index in [1.165, 1.54) is 11.1 Å². The summed E-state index contributed by atoms with van der Waals surface area (Å²) < 4.78 is 1.95. The number of alkyl halides is 1. The summed E-state index contributed by atoms with van der Waals surface area (Å²) in [4.78, 5) is 0. The van der Waals surface area contributed by atoms with Crippen molar-refractivity contribution in [1.82, 2.24) is 15.0 Å². The van der Waals surface area contributed by atoms with Crippen molar-refractivity contribution in [3.05, 3.63) is 46.8 Å². The van der Waals surface area contributed by atoms with Crippen molar-refractivity contribution in [1.29, 1.82) is 0 Å². The fourth-order valence-corrected chi connectivity index (χ4v) is 2.26. The first-order chi connectivity index (χ1) is 8.61. The fraction of sp³-hybridized carbons (Fsp3) is 0.429. The zero-order chi connectivity index (χ0) is 13.1. The van der Waals surface area contributed by atoms with Gasteiger partial charge in [0.1, 0.15) is 5.69 Å². The molecule has 2 rings (SSSR count). The van der Waals surface area contributed by atoms with E-state index in [0.29, 0.717) is 11.8 Å². The highest BCUT2D eigenvalue weighted by atomic mass is 35.5. The second-order valence-electron chi connectivity index (χ2n) is 4.85. The number of hydrogen-bond donors (Lipinski definition) is 0. The largest absolute Gasteiger partial charge is 0.244 e. The third-order valence-electron chi connectivity index (χ3n) is 2.97. The van der Waals surface area contributed by atoms with Gasteiger partial charge in [0, 0.05) is 0 Å². The lowest BCUT2D eigenvalue weighted by atomic mass is 10.1. The van der Waals surface area contributed by atoms with Crippen molar-refractivity contribution in [3.63, 3.8) is 0 Å². The van der Waals surface area contributed by atoms with E-state index in [4.69, 9.17) is 11.6 Å². The van der Waals surface area contributed by atoms with Crippen LogP contribution < -0.4 is 0 Å². The van der Waals surface area contributed by atoms with Gasteiger partial charge in [-0.1, -0.05) is 48.9 Å². The first-order valence-electron chi connectivity index (χ1n) is 6.15. The van der Waals surface area contributed by atoms with E-state index >= 15 is 0 Å². The lowest BCUT2D eigenvalue weighted by Crippen LogP contribution is -2.08. The summed E-state index contributed by atoms with van der Waals surface area (Å²) in [5, 5.41) is 8.36. The normalized spacial score (nSPS) is 11.2. The molecule has 0 amide bonds. The number of halogens is 1. The molecule has 2 aromatic rings. The van der Waals surface area contributed by atoms with Crippen LogP contribution in [0.2, 0.25) is 0 Å². The molecule has 0 unspecified atom stereocenters. The van der Waals surface area contributed by atoms with Crippen LogP contribution in [0, 0.1) is 6.92 Å². The third-order valence-corrected chi connectivity index (χ3v) is 3.23. The van der Waals surface area contributed by atoms with E-state index in [2.05, 4.69) is 55.3 Å². The van der Waals surface area contributed by atoms with E-state index in [1.807, 2.05) is 4.68 Å².